The van der Waals surface area contributed by atoms with E-state index in [9.17, 15) is 0 Å². The Morgan fingerprint density at radius 3 is 2.43 bits per heavy atom. The Morgan fingerprint density at radius 2 is 1.71 bits per heavy atom. The van der Waals surface area contributed by atoms with Crippen molar-refractivity contribution in [2.75, 3.05) is 5.73 Å². The van der Waals surface area contributed by atoms with Crippen molar-refractivity contribution in [3.63, 3.8) is 0 Å². The number of nitrogen functional groups attached to an aromatic ring is 1. The van der Waals surface area contributed by atoms with Crippen molar-refractivity contribution in [2.45, 2.75) is 20.8 Å². The van der Waals surface area contributed by atoms with Crippen LogP contribution < -0.4 is 5.73 Å². The minimum Gasteiger partial charge on any atom is -0.398 e. The summed E-state index contributed by atoms with van der Waals surface area (Å²) in [5, 5.41) is 2.55. The van der Waals surface area contributed by atoms with Crippen LogP contribution in [-0.2, 0) is 0 Å². The van der Waals surface area contributed by atoms with E-state index in [-0.39, 0.29) is 0 Å². The number of fused-ring (bicyclic) bond motifs is 1. The van der Waals surface area contributed by atoms with Gasteiger partial charge in [0.1, 0.15) is 0 Å². The van der Waals surface area contributed by atoms with Gasteiger partial charge < -0.3 is 5.73 Å². The van der Waals surface area contributed by atoms with Crippen LogP contribution in [0.1, 0.15) is 16.7 Å². The molecule has 0 saturated carbocycles. The standard InChI is InChI=1S/C13H15N/c1-8-4-5-12-10(3)13(14)9(2)7-11(12)6-8/h4-7H,14H2,1-3H3. The highest BCUT2D eigenvalue weighted by molar-refractivity contribution is 5.91. The minimum atomic E-state index is 0.918. The van der Waals surface area contributed by atoms with Crippen LogP contribution in [0, 0.1) is 20.8 Å². The number of hydrogen-bond acceptors (Lipinski definition) is 1. The summed E-state index contributed by atoms with van der Waals surface area (Å²) < 4.78 is 0. The molecule has 14 heavy (non-hydrogen) atoms. The topological polar surface area (TPSA) is 26.0 Å². The molecule has 0 aliphatic carbocycles. The monoisotopic (exact) mass is 185 g/mol. The fraction of sp³-hybridized carbons (Fsp3) is 0.231. The third-order valence-corrected chi connectivity index (χ3v) is 2.81. The Bertz CT molecular complexity index is 498. The summed E-state index contributed by atoms with van der Waals surface area (Å²) in [5.41, 5.74) is 10.6. The van der Waals surface area contributed by atoms with Crippen LogP contribution in [0.4, 0.5) is 5.69 Å². The summed E-state index contributed by atoms with van der Waals surface area (Å²) in [4.78, 5) is 0. The molecule has 0 heterocycles. The van der Waals surface area contributed by atoms with Gasteiger partial charge >= 0.3 is 0 Å². The summed E-state index contributed by atoms with van der Waals surface area (Å²) >= 11 is 0. The molecular formula is C13H15N. The molecule has 0 atom stereocenters. The van der Waals surface area contributed by atoms with Crippen LogP contribution in [0.5, 0.6) is 0 Å². The maximum Gasteiger partial charge on any atom is 0.0379 e. The molecule has 72 valence electrons. The number of rotatable bonds is 0. The molecule has 2 aromatic rings. The van der Waals surface area contributed by atoms with Crippen molar-refractivity contribution in [3.8, 4) is 0 Å². The summed E-state index contributed by atoms with van der Waals surface area (Å²) in [7, 11) is 0. The first-order valence-electron chi connectivity index (χ1n) is 4.85. The van der Waals surface area contributed by atoms with E-state index in [1.54, 1.807) is 0 Å². The quantitative estimate of drug-likeness (QED) is 0.626. The predicted molar refractivity (Wildman–Crippen MR) is 62.6 cm³/mol. The Hall–Kier alpha value is -1.50. The number of hydrogen-bond donors (Lipinski definition) is 1. The average Bonchev–Trinajstić information content (AvgIpc) is 2.14. The summed E-state index contributed by atoms with van der Waals surface area (Å²) in [5.74, 6) is 0. The van der Waals surface area contributed by atoms with Crippen molar-refractivity contribution in [1.29, 1.82) is 0 Å². The fourth-order valence-electron chi connectivity index (χ4n) is 1.89. The normalized spacial score (nSPS) is 10.8. The molecule has 0 radical (unpaired) electrons. The fourth-order valence-corrected chi connectivity index (χ4v) is 1.89. The van der Waals surface area contributed by atoms with Gasteiger partial charge in [-0.2, -0.15) is 0 Å². The van der Waals surface area contributed by atoms with Gasteiger partial charge in [-0.3, -0.25) is 0 Å². The van der Waals surface area contributed by atoms with E-state index < -0.39 is 0 Å². The van der Waals surface area contributed by atoms with Gasteiger partial charge in [0.25, 0.3) is 0 Å². The third kappa shape index (κ3) is 1.25. The van der Waals surface area contributed by atoms with Gasteiger partial charge in [0.15, 0.2) is 0 Å². The van der Waals surface area contributed by atoms with E-state index in [2.05, 4.69) is 45.0 Å². The highest BCUT2D eigenvalue weighted by Crippen LogP contribution is 2.27. The molecule has 0 spiro atoms. The van der Waals surface area contributed by atoms with Crippen LogP contribution in [0.2, 0.25) is 0 Å². The van der Waals surface area contributed by atoms with Crippen molar-refractivity contribution in [3.05, 3.63) is 41.0 Å². The van der Waals surface area contributed by atoms with E-state index in [0.29, 0.717) is 0 Å². The minimum absolute atomic E-state index is 0.918. The largest absolute Gasteiger partial charge is 0.398 e. The van der Waals surface area contributed by atoms with Gasteiger partial charge in [0.05, 0.1) is 0 Å². The Balaban J connectivity index is 2.91. The molecule has 1 nitrogen and oxygen atoms in total. The van der Waals surface area contributed by atoms with Crippen molar-refractivity contribution in [2.24, 2.45) is 0 Å². The molecule has 0 aromatic heterocycles. The number of benzene rings is 2. The van der Waals surface area contributed by atoms with Gasteiger partial charge in [-0.15, -0.1) is 0 Å². The van der Waals surface area contributed by atoms with Gasteiger partial charge in [-0.1, -0.05) is 23.8 Å². The maximum absolute atomic E-state index is 5.99. The summed E-state index contributed by atoms with van der Waals surface area (Å²) in [6, 6.07) is 8.64. The van der Waals surface area contributed by atoms with Gasteiger partial charge in [0, 0.05) is 5.69 Å². The number of aryl methyl sites for hydroxylation is 3. The van der Waals surface area contributed by atoms with E-state index >= 15 is 0 Å². The molecule has 1 heteroatoms. The Kier molecular flexibility index (Phi) is 1.95. The summed E-state index contributed by atoms with van der Waals surface area (Å²) in [6.07, 6.45) is 0. The zero-order valence-corrected chi connectivity index (χ0v) is 8.89. The highest BCUT2D eigenvalue weighted by Gasteiger charge is 2.03. The zero-order valence-electron chi connectivity index (χ0n) is 8.89. The smallest absolute Gasteiger partial charge is 0.0379 e. The first-order valence-corrected chi connectivity index (χ1v) is 4.85. The van der Waals surface area contributed by atoms with Crippen LogP contribution in [0.25, 0.3) is 10.8 Å². The molecule has 0 unspecified atom stereocenters. The van der Waals surface area contributed by atoms with Crippen molar-refractivity contribution < 1.29 is 0 Å². The number of nitrogens with two attached hydrogens (primary N) is 1. The lowest BCUT2D eigenvalue weighted by atomic mass is 9.99. The lowest BCUT2D eigenvalue weighted by Gasteiger charge is -2.09. The Labute approximate surface area is 84.5 Å². The second-order valence-corrected chi connectivity index (χ2v) is 3.96. The number of anilines is 1. The van der Waals surface area contributed by atoms with Gasteiger partial charge in [0.2, 0.25) is 0 Å². The first kappa shape index (κ1) is 9.07. The molecule has 0 aliphatic rings. The van der Waals surface area contributed by atoms with E-state index in [1.807, 2.05) is 0 Å². The molecule has 0 bridgehead atoms. The highest BCUT2D eigenvalue weighted by atomic mass is 14.6. The SMILES string of the molecule is Cc1ccc2c(C)c(N)c(C)cc2c1. The van der Waals surface area contributed by atoms with Crippen molar-refractivity contribution in [1.82, 2.24) is 0 Å². The molecule has 2 aromatic carbocycles. The zero-order chi connectivity index (χ0) is 10.3. The van der Waals surface area contributed by atoms with Crippen LogP contribution in [-0.4, -0.2) is 0 Å². The van der Waals surface area contributed by atoms with Gasteiger partial charge in [-0.05, 0) is 48.7 Å². The first-order chi connectivity index (χ1) is 6.59. The van der Waals surface area contributed by atoms with E-state index in [4.69, 9.17) is 5.73 Å². The maximum atomic E-state index is 5.99. The Morgan fingerprint density at radius 1 is 1.00 bits per heavy atom. The van der Waals surface area contributed by atoms with E-state index in [0.717, 1.165) is 5.69 Å². The predicted octanol–water partition coefficient (Wildman–Crippen LogP) is 3.35. The van der Waals surface area contributed by atoms with Crippen LogP contribution in [0.3, 0.4) is 0 Å². The second-order valence-electron chi connectivity index (χ2n) is 3.96. The summed E-state index contributed by atoms with van der Waals surface area (Å²) in [6.45, 7) is 6.25. The molecule has 0 aliphatic heterocycles. The lowest BCUT2D eigenvalue weighted by Crippen LogP contribution is -1.94. The molecule has 0 saturated heterocycles. The second kappa shape index (κ2) is 3.02. The molecule has 0 fully saturated rings. The molecule has 2 rings (SSSR count). The average molecular weight is 185 g/mol. The van der Waals surface area contributed by atoms with Crippen LogP contribution in [0.15, 0.2) is 24.3 Å². The lowest BCUT2D eigenvalue weighted by molar-refractivity contribution is 1.42. The van der Waals surface area contributed by atoms with Gasteiger partial charge in [-0.25, -0.2) is 0 Å². The van der Waals surface area contributed by atoms with E-state index in [1.165, 1.54) is 27.5 Å². The third-order valence-electron chi connectivity index (χ3n) is 2.81. The molecular weight excluding hydrogens is 170 g/mol. The van der Waals surface area contributed by atoms with Crippen LogP contribution >= 0.6 is 0 Å². The molecule has 0 amide bonds. The van der Waals surface area contributed by atoms with Crippen molar-refractivity contribution >= 4 is 16.5 Å². The molecule has 2 N–H and O–H groups in total.